The predicted molar refractivity (Wildman–Crippen MR) is 98.0 cm³/mol. The van der Waals surface area contributed by atoms with Gasteiger partial charge in [0.05, 0.1) is 31.4 Å². The molecule has 0 aromatic heterocycles. The van der Waals surface area contributed by atoms with E-state index in [2.05, 4.69) is 5.32 Å². The molecule has 24 heavy (non-hydrogen) atoms. The number of hydrogen-bond donors (Lipinski definition) is 1. The number of benzene rings is 2. The van der Waals surface area contributed by atoms with Crippen LogP contribution in [0.4, 0.5) is 0 Å². The second kappa shape index (κ2) is 9.02. The lowest BCUT2D eigenvalue weighted by Gasteiger charge is -2.11. The van der Waals surface area contributed by atoms with Crippen molar-refractivity contribution in [3.8, 4) is 17.2 Å². The SMILES string of the molecule is COc1ccc(CCNCc2cc(Cl)c(OC)c(Cl)c2)cc1OC. The maximum Gasteiger partial charge on any atom is 0.160 e. The Morgan fingerprint density at radius 3 is 2.08 bits per heavy atom. The highest BCUT2D eigenvalue weighted by molar-refractivity contribution is 6.37. The monoisotopic (exact) mass is 369 g/mol. The van der Waals surface area contributed by atoms with E-state index in [0.717, 1.165) is 30.0 Å². The van der Waals surface area contributed by atoms with Crippen LogP contribution in [0.2, 0.25) is 10.0 Å². The number of methoxy groups -OCH3 is 3. The molecule has 0 aliphatic heterocycles. The standard InChI is InChI=1S/C18H21Cl2NO3/c1-22-16-5-4-12(10-17(16)23-2)6-7-21-11-13-8-14(19)18(24-3)15(20)9-13/h4-5,8-10,21H,6-7,11H2,1-3H3. The van der Waals surface area contributed by atoms with E-state index >= 15 is 0 Å². The molecule has 0 saturated heterocycles. The second-order valence-corrected chi connectivity index (χ2v) is 6.02. The summed E-state index contributed by atoms with van der Waals surface area (Å²) in [6, 6.07) is 9.65. The second-order valence-electron chi connectivity index (χ2n) is 5.21. The van der Waals surface area contributed by atoms with E-state index < -0.39 is 0 Å². The fourth-order valence-corrected chi connectivity index (χ4v) is 3.10. The van der Waals surface area contributed by atoms with Crippen LogP contribution in [0.3, 0.4) is 0 Å². The van der Waals surface area contributed by atoms with Crippen molar-refractivity contribution in [2.75, 3.05) is 27.9 Å². The van der Waals surface area contributed by atoms with E-state index in [0.29, 0.717) is 22.3 Å². The Morgan fingerprint density at radius 1 is 0.833 bits per heavy atom. The number of nitrogens with one attached hydrogen (secondary N) is 1. The van der Waals surface area contributed by atoms with Crippen LogP contribution in [-0.4, -0.2) is 27.9 Å². The molecule has 0 aliphatic carbocycles. The first kappa shape index (κ1) is 18.7. The molecule has 2 aromatic carbocycles. The lowest BCUT2D eigenvalue weighted by Crippen LogP contribution is -2.16. The van der Waals surface area contributed by atoms with Gasteiger partial charge in [-0.15, -0.1) is 0 Å². The predicted octanol–water partition coefficient (Wildman–Crippen LogP) is 4.35. The van der Waals surface area contributed by atoms with Gasteiger partial charge < -0.3 is 19.5 Å². The van der Waals surface area contributed by atoms with Gasteiger partial charge in [-0.25, -0.2) is 0 Å². The van der Waals surface area contributed by atoms with Gasteiger partial charge in [-0.1, -0.05) is 29.3 Å². The first-order valence-corrected chi connectivity index (χ1v) is 8.28. The number of ether oxygens (including phenoxy) is 3. The fourth-order valence-electron chi connectivity index (χ4n) is 2.41. The third kappa shape index (κ3) is 4.69. The summed E-state index contributed by atoms with van der Waals surface area (Å²) in [5.74, 6) is 1.98. The molecule has 0 fully saturated rings. The molecule has 0 bridgehead atoms. The minimum Gasteiger partial charge on any atom is -0.494 e. The number of rotatable bonds is 8. The summed E-state index contributed by atoms with van der Waals surface area (Å²) in [6.45, 7) is 1.49. The quantitative estimate of drug-likeness (QED) is 0.702. The molecule has 0 spiro atoms. The average Bonchev–Trinajstić information content (AvgIpc) is 2.58. The normalized spacial score (nSPS) is 10.5. The zero-order valence-electron chi connectivity index (χ0n) is 14.0. The van der Waals surface area contributed by atoms with E-state index in [9.17, 15) is 0 Å². The fraction of sp³-hybridized carbons (Fsp3) is 0.333. The molecular weight excluding hydrogens is 349 g/mol. The van der Waals surface area contributed by atoms with Crippen LogP contribution in [0.5, 0.6) is 17.2 Å². The highest BCUT2D eigenvalue weighted by Gasteiger charge is 2.08. The van der Waals surface area contributed by atoms with Gasteiger partial charge in [0, 0.05) is 6.54 Å². The van der Waals surface area contributed by atoms with Gasteiger partial charge in [0.25, 0.3) is 0 Å². The summed E-state index contributed by atoms with van der Waals surface area (Å²) in [5.41, 5.74) is 2.18. The Hall–Kier alpha value is -1.62. The summed E-state index contributed by atoms with van der Waals surface area (Å²) in [7, 11) is 4.81. The molecule has 0 heterocycles. The molecule has 0 radical (unpaired) electrons. The molecule has 4 nitrogen and oxygen atoms in total. The van der Waals surface area contributed by atoms with Crippen molar-refractivity contribution < 1.29 is 14.2 Å². The third-order valence-electron chi connectivity index (χ3n) is 3.63. The Bertz CT molecular complexity index is 669. The van der Waals surface area contributed by atoms with Gasteiger partial charge in [-0.2, -0.15) is 0 Å². The molecule has 2 aromatic rings. The lowest BCUT2D eigenvalue weighted by molar-refractivity contribution is 0.354. The zero-order valence-corrected chi connectivity index (χ0v) is 15.5. The number of hydrogen-bond acceptors (Lipinski definition) is 4. The van der Waals surface area contributed by atoms with Crippen molar-refractivity contribution in [1.29, 1.82) is 0 Å². The summed E-state index contributed by atoms with van der Waals surface area (Å²) >= 11 is 12.3. The van der Waals surface area contributed by atoms with Crippen LogP contribution in [-0.2, 0) is 13.0 Å². The molecule has 0 saturated carbocycles. The maximum absolute atomic E-state index is 6.14. The summed E-state index contributed by atoms with van der Waals surface area (Å²) in [5, 5.41) is 4.41. The van der Waals surface area contributed by atoms with Gasteiger partial charge >= 0.3 is 0 Å². The Labute approximate surface area is 152 Å². The van der Waals surface area contributed by atoms with Crippen molar-refractivity contribution in [1.82, 2.24) is 5.32 Å². The van der Waals surface area contributed by atoms with Crippen molar-refractivity contribution in [2.45, 2.75) is 13.0 Å². The molecule has 6 heteroatoms. The Morgan fingerprint density at radius 2 is 1.50 bits per heavy atom. The maximum atomic E-state index is 6.14. The molecule has 2 rings (SSSR count). The van der Waals surface area contributed by atoms with E-state index in [1.165, 1.54) is 5.56 Å². The highest BCUT2D eigenvalue weighted by Crippen LogP contribution is 2.33. The van der Waals surface area contributed by atoms with Crippen LogP contribution in [0.1, 0.15) is 11.1 Å². The van der Waals surface area contributed by atoms with Gasteiger partial charge in [0.15, 0.2) is 17.2 Å². The molecule has 0 amide bonds. The minimum absolute atomic E-state index is 0.507. The van der Waals surface area contributed by atoms with E-state index in [1.807, 2.05) is 30.3 Å². The topological polar surface area (TPSA) is 39.7 Å². The van der Waals surface area contributed by atoms with Gasteiger partial charge in [-0.3, -0.25) is 0 Å². The van der Waals surface area contributed by atoms with Gasteiger partial charge in [0.1, 0.15) is 0 Å². The number of halogens is 2. The summed E-state index contributed by atoms with van der Waals surface area (Å²) < 4.78 is 15.7. The zero-order chi connectivity index (χ0) is 17.5. The largest absolute Gasteiger partial charge is 0.494 e. The summed E-state index contributed by atoms with van der Waals surface area (Å²) in [4.78, 5) is 0. The van der Waals surface area contributed by atoms with Crippen molar-refractivity contribution in [3.05, 3.63) is 51.5 Å². The van der Waals surface area contributed by atoms with Crippen LogP contribution < -0.4 is 19.5 Å². The van der Waals surface area contributed by atoms with Crippen LogP contribution in [0.15, 0.2) is 30.3 Å². The average molecular weight is 370 g/mol. The van der Waals surface area contributed by atoms with Gasteiger partial charge in [0.2, 0.25) is 0 Å². The minimum atomic E-state index is 0.507. The molecule has 0 unspecified atom stereocenters. The molecule has 0 aliphatic rings. The van der Waals surface area contributed by atoms with E-state index in [1.54, 1.807) is 21.3 Å². The molecular formula is C18H21Cl2NO3. The highest BCUT2D eigenvalue weighted by atomic mass is 35.5. The van der Waals surface area contributed by atoms with Crippen LogP contribution >= 0.6 is 23.2 Å². The Kier molecular flexibility index (Phi) is 7.03. The van der Waals surface area contributed by atoms with Crippen molar-refractivity contribution in [3.63, 3.8) is 0 Å². The third-order valence-corrected chi connectivity index (χ3v) is 4.19. The smallest absolute Gasteiger partial charge is 0.160 e. The first-order valence-electron chi connectivity index (χ1n) is 7.52. The van der Waals surface area contributed by atoms with Crippen LogP contribution in [0, 0.1) is 0 Å². The first-order chi connectivity index (χ1) is 11.6. The lowest BCUT2D eigenvalue weighted by atomic mass is 10.1. The van der Waals surface area contributed by atoms with E-state index in [4.69, 9.17) is 37.4 Å². The molecule has 0 atom stereocenters. The molecule has 130 valence electrons. The van der Waals surface area contributed by atoms with Crippen molar-refractivity contribution >= 4 is 23.2 Å². The van der Waals surface area contributed by atoms with Gasteiger partial charge in [-0.05, 0) is 48.4 Å². The van der Waals surface area contributed by atoms with Crippen LogP contribution in [0.25, 0.3) is 0 Å². The Balaban J connectivity index is 1.89. The van der Waals surface area contributed by atoms with E-state index in [-0.39, 0.29) is 0 Å². The summed E-state index contributed by atoms with van der Waals surface area (Å²) in [6.07, 6.45) is 0.873. The molecule has 1 N–H and O–H groups in total. The van der Waals surface area contributed by atoms with Crippen molar-refractivity contribution in [2.24, 2.45) is 0 Å².